The highest BCUT2D eigenvalue weighted by molar-refractivity contribution is 5.76. The summed E-state index contributed by atoms with van der Waals surface area (Å²) in [6.07, 6.45) is -4.17. The summed E-state index contributed by atoms with van der Waals surface area (Å²) >= 11 is 0. The summed E-state index contributed by atoms with van der Waals surface area (Å²) in [5.41, 5.74) is 0.351. The predicted molar refractivity (Wildman–Crippen MR) is 77.8 cm³/mol. The number of hydrogen-bond acceptors (Lipinski definition) is 3. The Labute approximate surface area is 132 Å². The number of carbonyl (C=O) groups excluding carboxylic acids is 1. The lowest BCUT2D eigenvalue weighted by molar-refractivity contribution is -0.274. The Morgan fingerprint density at radius 1 is 1.43 bits per heavy atom. The largest absolute Gasteiger partial charge is 0.573 e. The van der Waals surface area contributed by atoms with E-state index in [-0.39, 0.29) is 30.4 Å². The van der Waals surface area contributed by atoms with Gasteiger partial charge in [-0.15, -0.1) is 13.2 Å². The Balaban J connectivity index is 1.92. The Hall–Kier alpha value is -1.76. The first kappa shape index (κ1) is 17.6. The van der Waals surface area contributed by atoms with Gasteiger partial charge < -0.3 is 14.7 Å². The number of halogens is 3. The van der Waals surface area contributed by atoms with Crippen LogP contribution in [-0.2, 0) is 11.2 Å². The number of benzene rings is 1. The van der Waals surface area contributed by atoms with Crippen LogP contribution in [0.3, 0.4) is 0 Å². The van der Waals surface area contributed by atoms with Gasteiger partial charge in [-0.25, -0.2) is 0 Å². The van der Waals surface area contributed by atoms with Crippen molar-refractivity contribution in [1.82, 2.24) is 4.90 Å². The summed E-state index contributed by atoms with van der Waals surface area (Å²) in [7, 11) is 0. The lowest BCUT2D eigenvalue weighted by atomic mass is 10.0. The maximum Gasteiger partial charge on any atom is 0.573 e. The number of aliphatic hydroxyl groups is 1. The summed E-state index contributed by atoms with van der Waals surface area (Å²) in [4.78, 5) is 13.8. The Bertz CT molecular complexity index is 546. The third kappa shape index (κ3) is 5.13. The number of aryl methyl sites for hydroxylation is 1. The van der Waals surface area contributed by atoms with Gasteiger partial charge in [0.05, 0.1) is 6.10 Å². The Morgan fingerprint density at radius 3 is 2.74 bits per heavy atom. The first-order valence-corrected chi connectivity index (χ1v) is 7.56. The van der Waals surface area contributed by atoms with Crippen molar-refractivity contribution >= 4 is 5.91 Å². The molecule has 1 aliphatic rings. The maximum atomic E-state index is 12.4. The topological polar surface area (TPSA) is 49.8 Å². The van der Waals surface area contributed by atoms with Gasteiger partial charge in [-0.2, -0.15) is 0 Å². The van der Waals surface area contributed by atoms with E-state index in [0.717, 1.165) is 6.42 Å². The smallest absolute Gasteiger partial charge is 0.406 e. The lowest BCUT2D eigenvalue weighted by Crippen LogP contribution is -2.30. The molecule has 2 rings (SSSR count). The van der Waals surface area contributed by atoms with Crippen LogP contribution in [0, 0.1) is 5.92 Å². The molecule has 1 saturated heterocycles. The minimum absolute atomic E-state index is 0.0693. The van der Waals surface area contributed by atoms with Crippen LogP contribution in [0.4, 0.5) is 13.2 Å². The predicted octanol–water partition coefficient (Wildman–Crippen LogP) is 2.75. The number of para-hydroxylation sites is 1. The zero-order chi connectivity index (χ0) is 17.0. The SMILES string of the molecule is CC(O)C1CCN(C(=O)CCc2ccccc2OC(F)(F)F)C1. The summed E-state index contributed by atoms with van der Waals surface area (Å²) in [5.74, 6) is -0.314. The minimum atomic E-state index is -4.75. The van der Waals surface area contributed by atoms with E-state index in [9.17, 15) is 23.1 Å². The van der Waals surface area contributed by atoms with Crippen molar-refractivity contribution in [2.24, 2.45) is 5.92 Å². The summed E-state index contributed by atoms with van der Waals surface area (Å²) in [5, 5.41) is 9.54. The van der Waals surface area contributed by atoms with E-state index in [0.29, 0.717) is 18.7 Å². The number of likely N-dealkylation sites (tertiary alicyclic amines) is 1. The van der Waals surface area contributed by atoms with Crippen LogP contribution >= 0.6 is 0 Å². The van der Waals surface area contributed by atoms with E-state index in [1.807, 2.05) is 0 Å². The van der Waals surface area contributed by atoms with Crippen molar-refractivity contribution in [1.29, 1.82) is 0 Å². The molecule has 0 aromatic heterocycles. The number of rotatable bonds is 5. The zero-order valence-corrected chi connectivity index (χ0v) is 12.8. The normalized spacial score (nSPS) is 19.7. The van der Waals surface area contributed by atoms with Crippen LogP contribution in [0.5, 0.6) is 5.75 Å². The molecule has 1 aromatic carbocycles. The number of aliphatic hydroxyl groups excluding tert-OH is 1. The van der Waals surface area contributed by atoms with Gasteiger partial charge >= 0.3 is 6.36 Å². The zero-order valence-electron chi connectivity index (χ0n) is 12.8. The number of carbonyl (C=O) groups is 1. The van der Waals surface area contributed by atoms with Gasteiger partial charge in [0.25, 0.3) is 0 Å². The van der Waals surface area contributed by atoms with Crippen molar-refractivity contribution in [3.63, 3.8) is 0 Å². The fourth-order valence-electron chi connectivity index (χ4n) is 2.74. The van der Waals surface area contributed by atoms with E-state index < -0.39 is 12.5 Å². The van der Waals surface area contributed by atoms with Gasteiger partial charge in [0.15, 0.2) is 0 Å². The van der Waals surface area contributed by atoms with Crippen molar-refractivity contribution in [2.75, 3.05) is 13.1 Å². The van der Waals surface area contributed by atoms with E-state index in [2.05, 4.69) is 4.74 Å². The maximum absolute atomic E-state index is 12.4. The number of hydrogen-bond donors (Lipinski definition) is 1. The Morgan fingerprint density at radius 2 is 2.13 bits per heavy atom. The van der Waals surface area contributed by atoms with E-state index in [1.54, 1.807) is 17.9 Å². The number of alkyl halides is 3. The van der Waals surface area contributed by atoms with E-state index in [1.165, 1.54) is 18.2 Å². The molecule has 0 saturated carbocycles. The van der Waals surface area contributed by atoms with Gasteiger partial charge in [0.1, 0.15) is 5.75 Å². The van der Waals surface area contributed by atoms with Gasteiger partial charge in [0.2, 0.25) is 5.91 Å². The molecule has 2 unspecified atom stereocenters. The lowest BCUT2D eigenvalue weighted by Gasteiger charge is -2.18. The highest BCUT2D eigenvalue weighted by atomic mass is 19.4. The molecule has 1 amide bonds. The van der Waals surface area contributed by atoms with Gasteiger partial charge in [-0.05, 0) is 31.4 Å². The number of amides is 1. The van der Waals surface area contributed by atoms with Crippen molar-refractivity contribution < 1.29 is 27.8 Å². The molecule has 7 heteroatoms. The van der Waals surface area contributed by atoms with Crippen molar-refractivity contribution in [2.45, 2.75) is 38.7 Å². The molecule has 0 spiro atoms. The second kappa shape index (κ2) is 7.21. The second-order valence-electron chi connectivity index (χ2n) is 5.78. The first-order valence-electron chi connectivity index (χ1n) is 7.56. The fraction of sp³-hybridized carbons (Fsp3) is 0.562. The molecule has 0 bridgehead atoms. The van der Waals surface area contributed by atoms with Gasteiger partial charge in [-0.1, -0.05) is 18.2 Å². The molecule has 1 fully saturated rings. The van der Waals surface area contributed by atoms with Crippen LogP contribution in [0.25, 0.3) is 0 Å². The molecular formula is C16H20F3NO3. The number of nitrogens with zero attached hydrogens (tertiary/aromatic N) is 1. The molecule has 1 N–H and O–H groups in total. The standard InChI is InChI=1S/C16H20F3NO3/c1-11(21)13-8-9-20(10-13)15(22)7-6-12-4-2-3-5-14(12)23-16(17,18)19/h2-5,11,13,21H,6-10H2,1H3. The molecule has 1 aromatic rings. The average molecular weight is 331 g/mol. The molecule has 1 aliphatic heterocycles. The first-order chi connectivity index (χ1) is 10.8. The second-order valence-corrected chi connectivity index (χ2v) is 5.78. The molecule has 1 heterocycles. The van der Waals surface area contributed by atoms with Crippen LogP contribution in [-0.4, -0.2) is 41.5 Å². The molecule has 128 valence electrons. The number of ether oxygens (including phenoxy) is 1. The summed E-state index contributed by atoms with van der Waals surface area (Å²) in [6.45, 7) is 2.77. The molecular weight excluding hydrogens is 311 g/mol. The van der Waals surface area contributed by atoms with Crippen LogP contribution in [0.1, 0.15) is 25.3 Å². The van der Waals surface area contributed by atoms with Gasteiger partial charge in [0, 0.05) is 25.4 Å². The van der Waals surface area contributed by atoms with Crippen LogP contribution in [0.15, 0.2) is 24.3 Å². The third-order valence-corrected chi connectivity index (χ3v) is 4.07. The monoisotopic (exact) mass is 331 g/mol. The Kier molecular flexibility index (Phi) is 5.51. The summed E-state index contributed by atoms with van der Waals surface area (Å²) in [6, 6.07) is 5.84. The van der Waals surface area contributed by atoms with E-state index in [4.69, 9.17) is 0 Å². The molecule has 0 aliphatic carbocycles. The van der Waals surface area contributed by atoms with Gasteiger partial charge in [-0.3, -0.25) is 4.79 Å². The molecule has 2 atom stereocenters. The average Bonchev–Trinajstić information content (AvgIpc) is 2.94. The summed E-state index contributed by atoms with van der Waals surface area (Å²) < 4.78 is 41.1. The highest BCUT2D eigenvalue weighted by Gasteiger charge is 2.32. The molecule has 23 heavy (non-hydrogen) atoms. The van der Waals surface area contributed by atoms with Crippen molar-refractivity contribution in [3.8, 4) is 5.75 Å². The minimum Gasteiger partial charge on any atom is -0.406 e. The van der Waals surface area contributed by atoms with E-state index >= 15 is 0 Å². The van der Waals surface area contributed by atoms with Crippen LogP contribution in [0.2, 0.25) is 0 Å². The quantitative estimate of drug-likeness (QED) is 0.903. The highest BCUT2D eigenvalue weighted by Crippen LogP contribution is 2.27. The third-order valence-electron chi connectivity index (χ3n) is 4.07. The molecule has 0 radical (unpaired) electrons. The fourth-order valence-corrected chi connectivity index (χ4v) is 2.74. The molecule has 4 nitrogen and oxygen atoms in total. The van der Waals surface area contributed by atoms with Crippen LogP contribution < -0.4 is 4.74 Å². The van der Waals surface area contributed by atoms with Crippen molar-refractivity contribution in [3.05, 3.63) is 29.8 Å².